The van der Waals surface area contributed by atoms with Crippen LogP contribution in [0.2, 0.25) is 0 Å². The molecule has 0 amide bonds. The number of hydrogen-bond donors (Lipinski definition) is 1. The number of carbonyl (C=O) groups is 1. The summed E-state index contributed by atoms with van der Waals surface area (Å²) in [5, 5.41) is 18.9. The standard InChI is InChI=1S/C18H32O3.K/c19-17-15-13-11-9-7-5-3-1-2-4-6-8-10-12-14-16-18(20)21;/h1-2,5,7,19H,3-4,6,8-17H2,(H,20,21);/q;+1/p-1/b2-1-,7-5-;. The Bertz CT molecular complexity index is 288. The summed E-state index contributed by atoms with van der Waals surface area (Å²) in [5.41, 5.74) is 0. The molecule has 4 heteroatoms. The Hall–Kier alpha value is 0.546. The van der Waals surface area contributed by atoms with E-state index in [0.29, 0.717) is 6.61 Å². The fourth-order valence-corrected chi connectivity index (χ4v) is 2.12. The van der Waals surface area contributed by atoms with Crippen LogP contribution in [-0.4, -0.2) is 17.7 Å². The number of aliphatic hydroxyl groups excluding tert-OH is 1. The number of carboxylic acid groups (broad SMARTS) is 1. The van der Waals surface area contributed by atoms with Crippen LogP contribution in [0.15, 0.2) is 24.3 Å². The zero-order valence-electron chi connectivity index (χ0n) is 14.3. The van der Waals surface area contributed by atoms with Crippen molar-refractivity contribution < 1.29 is 66.4 Å². The number of rotatable bonds is 15. The third-order valence-corrected chi connectivity index (χ3v) is 3.39. The fraction of sp³-hybridized carbons (Fsp3) is 0.722. The quantitative estimate of drug-likeness (QED) is 0.270. The number of unbranched alkanes of at least 4 members (excludes halogenated alkanes) is 8. The van der Waals surface area contributed by atoms with E-state index in [1.807, 2.05) is 0 Å². The number of hydrogen-bond acceptors (Lipinski definition) is 3. The molecule has 0 unspecified atom stereocenters. The Morgan fingerprint density at radius 3 is 1.82 bits per heavy atom. The summed E-state index contributed by atoms with van der Waals surface area (Å²) >= 11 is 0. The van der Waals surface area contributed by atoms with Crippen LogP contribution in [0.5, 0.6) is 0 Å². The van der Waals surface area contributed by atoms with Crippen molar-refractivity contribution >= 4 is 5.97 Å². The molecule has 0 spiro atoms. The summed E-state index contributed by atoms with van der Waals surface area (Å²) < 4.78 is 0. The van der Waals surface area contributed by atoms with E-state index < -0.39 is 5.97 Å². The van der Waals surface area contributed by atoms with Crippen molar-refractivity contribution in [1.29, 1.82) is 0 Å². The van der Waals surface area contributed by atoms with Gasteiger partial charge in [0.15, 0.2) is 0 Å². The van der Waals surface area contributed by atoms with Crippen LogP contribution < -0.4 is 56.5 Å². The predicted octanol–water partition coefficient (Wildman–Crippen LogP) is 0.526. The predicted molar refractivity (Wildman–Crippen MR) is 85.8 cm³/mol. The first-order valence-electron chi connectivity index (χ1n) is 8.38. The molecule has 0 atom stereocenters. The van der Waals surface area contributed by atoms with Crippen LogP contribution in [0.4, 0.5) is 0 Å². The molecule has 0 rings (SSSR count). The zero-order valence-corrected chi connectivity index (χ0v) is 17.4. The van der Waals surface area contributed by atoms with E-state index in [-0.39, 0.29) is 57.8 Å². The average molecular weight is 335 g/mol. The SMILES string of the molecule is O=C([O-])CCCCCCC/C=C\C/C=C\CCCCCO.[K+]. The third-order valence-electron chi connectivity index (χ3n) is 3.39. The van der Waals surface area contributed by atoms with Gasteiger partial charge in [-0.25, -0.2) is 0 Å². The molecule has 0 aromatic heterocycles. The molecule has 0 bridgehead atoms. The maximum absolute atomic E-state index is 10.2. The number of allylic oxidation sites excluding steroid dienone is 4. The van der Waals surface area contributed by atoms with Crippen molar-refractivity contribution in [3.63, 3.8) is 0 Å². The van der Waals surface area contributed by atoms with Gasteiger partial charge in [-0.2, -0.15) is 0 Å². The van der Waals surface area contributed by atoms with Crippen molar-refractivity contribution in [2.24, 2.45) is 0 Å². The van der Waals surface area contributed by atoms with E-state index >= 15 is 0 Å². The first-order chi connectivity index (χ1) is 10.3. The van der Waals surface area contributed by atoms with E-state index in [4.69, 9.17) is 5.11 Å². The Morgan fingerprint density at radius 2 is 1.27 bits per heavy atom. The summed E-state index contributed by atoms with van der Waals surface area (Å²) in [6.07, 6.45) is 20.7. The minimum Gasteiger partial charge on any atom is -0.550 e. The summed E-state index contributed by atoms with van der Waals surface area (Å²) in [4.78, 5) is 10.2. The van der Waals surface area contributed by atoms with E-state index in [1.54, 1.807) is 0 Å². The van der Waals surface area contributed by atoms with Crippen molar-refractivity contribution in [2.75, 3.05) is 6.61 Å². The molecular weight excluding hydrogens is 303 g/mol. The molecule has 0 fully saturated rings. The van der Waals surface area contributed by atoms with Gasteiger partial charge in [0.1, 0.15) is 0 Å². The molecule has 0 heterocycles. The molecule has 122 valence electrons. The second-order valence-corrected chi connectivity index (χ2v) is 5.43. The molecule has 0 radical (unpaired) electrons. The summed E-state index contributed by atoms with van der Waals surface area (Å²) in [6, 6.07) is 0. The van der Waals surface area contributed by atoms with Crippen molar-refractivity contribution in [3.05, 3.63) is 24.3 Å². The van der Waals surface area contributed by atoms with Crippen molar-refractivity contribution in [3.8, 4) is 0 Å². The fourth-order valence-electron chi connectivity index (χ4n) is 2.12. The smallest absolute Gasteiger partial charge is 0.550 e. The first-order valence-corrected chi connectivity index (χ1v) is 8.38. The molecule has 0 aliphatic carbocycles. The Labute approximate surface area is 178 Å². The number of carboxylic acids is 1. The molecule has 3 nitrogen and oxygen atoms in total. The normalized spacial score (nSPS) is 11.1. The summed E-state index contributed by atoms with van der Waals surface area (Å²) in [7, 11) is 0. The topological polar surface area (TPSA) is 60.4 Å². The summed E-state index contributed by atoms with van der Waals surface area (Å²) in [6.45, 7) is 0.309. The molecule has 0 aliphatic rings. The molecule has 0 aromatic rings. The van der Waals surface area contributed by atoms with Gasteiger partial charge in [0, 0.05) is 12.6 Å². The largest absolute Gasteiger partial charge is 1.00 e. The van der Waals surface area contributed by atoms with Crippen LogP contribution >= 0.6 is 0 Å². The Balaban J connectivity index is 0. The van der Waals surface area contributed by atoms with Gasteiger partial charge in [-0.15, -0.1) is 0 Å². The van der Waals surface area contributed by atoms with Crippen LogP contribution in [0.25, 0.3) is 0 Å². The molecule has 1 N–H and O–H groups in total. The molecule has 22 heavy (non-hydrogen) atoms. The van der Waals surface area contributed by atoms with Gasteiger partial charge in [-0.1, -0.05) is 50.0 Å². The van der Waals surface area contributed by atoms with E-state index in [9.17, 15) is 9.90 Å². The van der Waals surface area contributed by atoms with Gasteiger partial charge >= 0.3 is 51.4 Å². The van der Waals surface area contributed by atoms with Gasteiger partial charge in [-0.3, -0.25) is 0 Å². The second-order valence-electron chi connectivity index (χ2n) is 5.43. The van der Waals surface area contributed by atoms with Gasteiger partial charge in [0.2, 0.25) is 0 Å². The molecule has 0 saturated heterocycles. The zero-order chi connectivity index (χ0) is 15.6. The minimum absolute atomic E-state index is 0. The van der Waals surface area contributed by atoms with Crippen LogP contribution in [-0.2, 0) is 4.79 Å². The van der Waals surface area contributed by atoms with E-state index in [0.717, 1.165) is 51.4 Å². The molecule has 0 saturated carbocycles. The maximum atomic E-state index is 10.2. The van der Waals surface area contributed by atoms with Crippen LogP contribution in [0.3, 0.4) is 0 Å². The van der Waals surface area contributed by atoms with Crippen molar-refractivity contribution in [2.45, 2.75) is 77.0 Å². The number of carbonyl (C=O) groups excluding carboxylic acids is 1. The monoisotopic (exact) mass is 334 g/mol. The molecule has 0 aliphatic heterocycles. The van der Waals surface area contributed by atoms with Gasteiger partial charge in [-0.05, 0) is 51.4 Å². The van der Waals surface area contributed by atoms with Gasteiger partial charge < -0.3 is 15.0 Å². The minimum atomic E-state index is -0.931. The van der Waals surface area contributed by atoms with E-state index in [1.165, 1.54) is 19.3 Å². The molecular formula is C18H31KO3. The third kappa shape index (κ3) is 22.8. The number of aliphatic hydroxyl groups is 1. The Kier molecular flexibility index (Phi) is 24.3. The van der Waals surface area contributed by atoms with Gasteiger partial charge in [0.05, 0.1) is 0 Å². The van der Waals surface area contributed by atoms with Crippen LogP contribution in [0.1, 0.15) is 77.0 Å². The first kappa shape index (κ1) is 24.8. The van der Waals surface area contributed by atoms with E-state index in [2.05, 4.69) is 24.3 Å². The maximum Gasteiger partial charge on any atom is 1.00 e. The average Bonchev–Trinajstić information content (AvgIpc) is 2.46. The van der Waals surface area contributed by atoms with Gasteiger partial charge in [0.25, 0.3) is 0 Å². The molecule has 0 aromatic carbocycles. The summed E-state index contributed by atoms with van der Waals surface area (Å²) in [5.74, 6) is -0.931. The van der Waals surface area contributed by atoms with Crippen LogP contribution in [0, 0.1) is 0 Å². The number of aliphatic carboxylic acids is 1. The Morgan fingerprint density at radius 1 is 0.773 bits per heavy atom. The second kappa shape index (κ2) is 21.5. The van der Waals surface area contributed by atoms with Crippen molar-refractivity contribution in [1.82, 2.24) is 0 Å².